The Balaban J connectivity index is 1.67. The first kappa shape index (κ1) is 20.3. The van der Waals surface area contributed by atoms with Crippen molar-refractivity contribution in [1.82, 2.24) is 14.6 Å². The number of rotatable bonds is 7. The molecule has 1 saturated heterocycles. The molecule has 28 heavy (non-hydrogen) atoms. The van der Waals surface area contributed by atoms with Crippen molar-refractivity contribution in [3.8, 4) is 0 Å². The number of unbranched alkanes of at least 4 members (excludes halogenated alkanes) is 2. The van der Waals surface area contributed by atoms with Gasteiger partial charge in [0, 0.05) is 0 Å². The lowest BCUT2D eigenvalue weighted by Gasteiger charge is -2.26. The van der Waals surface area contributed by atoms with E-state index in [4.69, 9.17) is 19.9 Å². The van der Waals surface area contributed by atoms with Gasteiger partial charge in [0.05, 0.1) is 12.3 Å². The summed E-state index contributed by atoms with van der Waals surface area (Å²) in [5.41, 5.74) is 5.58. The van der Waals surface area contributed by atoms with Crippen LogP contribution < -0.4 is 5.73 Å². The third-order valence-electron chi connectivity index (χ3n) is 4.90. The molecule has 4 atom stereocenters. The Morgan fingerprint density at radius 3 is 2.89 bits per heavy atom. The number of aliphatic hydroxyl groups is 2. The smallest absolute Gasteiger partial charge is 0.434 e. The van der Waals surface area contributed by atoms with Gasteiger partial charge in [-0.05, 0) is 25.5 Å². The Hall–Kier alpha value is -2.43. The molecule has 4 N–H and O–H groups in total. The summed E-state index contributed by atoms with van der Waals surface area (Å²) in [6, 6.07) is 3.39. The number of ether oxygens (including phenoxy) is 3. The molecule has 10 nitrogen and oxygen atoms in total. The number of nitrogen functional groups attached to an aromatic ring is 1. The van der Waals surface area contributed by atoms with Crippen LogP contribution in [0.2, 0.25) is 0 Å². The van der Waals surface area contributed by atoms with Crippen LogP contribution in [0, 0.1) is 0 Å². The van der Waals surface area contributed by atoms with Gasteiger partial charge < -0.3 is 30.2 Å². The van der Waals surface area contributed by atoms with Crippen molar-refractivity contribution in [2.75, 3.05) is 18.9 Å². The van der Waals surface area contributed by atoms with Gasteiger partial charge in [-0.25, -0.2) is 14.3 Å². The number of aromatic nitrogens is 3. The minimum atomic E-state index is -1.31. The molecule has 2 aromatic rings. The van der Waals surface area contributed by atoms with E-state index in [1.54, 1.807) is 19.1 Å². The minimum absolute atomic E-state index is 0.269. The van der Waals surface area contributed by atoms with Gasteiger partial charge in [-0.1, -0.05) is 19.8 Å². The third-order valence-corrected chi connectivity index (χ3v) is 4.90. The van der Waals surface area contributed by atoms with Crippen LogP contribution in [0.15, 0.2) is 18.5 Å². The molecule has 0 saturated carbocycles. The van der Waals surface area contributed by atoms with Crippen LogP contribution in [0.4, 0.5) is 10.6 Å². The number of anilines is 1. The fourth-order valence-electron chi connectivity index (χ4n) is 3.25. The average molecular weight is 394 g/mol. The highest BCUT2D eigenvalue weighted by Crippen LogP contribution is 2.40. The maximum Gasteiger partial charge on any atom is 0.508 e. The van der Waals surface area contributed by atoms with E-state index in [0.29, 0.717) is 11.2 Å². The van der Waals surface area contributed by atoms with Crippen LogP contribution in [0.3, 0.4) is 0 Å². The molecule has 0 amide bonds. The molecule has 2 aromatic heterocycles. The summed E-state index contributed by atoms with van der Waals surface area (Å²) in [7, 11) is 0. The van der Waals surface area contributed by atoms with Crippen LogP contribution in [0.1, 0.15) is 44.9 Å². The number of carbonyl (C=O) groups excluding carboxylic acids is 1. The lowest BCUT2D eigenvalue weighted by atomic mass is 9.97. The van der Waals surface area contributed by atoms with E-state index in [2.05, 4.69) is 10.1 Å². The van der Waals surface area contributed by atoms with Crippen LogP contribution in [-0.2, 0) is 14.2 Å². The van der Waals surface area contributed by atoms with Crippen molar-refractivity contribution in [2.24, 2.45) is 0 Å². The Morgan fingerprint density at radius 1 is 1.36 bits per heavy atom. The molecule has 1 aliphatic heterocycles. The van der Waals surface area contributed by atoms with E-state index < -0.39 is 30.1 Å². The molecule has 154 valence electrons. The molecule has 0 spiro atoms. The first-order valence-electron chi connectivity index (χ1n) is 9.29. The highest BCUT2D eigenvalue weighted by molar-refractivity contribution is 5.65. The SMILES string of the molecule is CCCCCOC(=O)OC[C@@]1(C)O[C@@H](c2ccc3c(N)ncnn23)[C@H](O)[C@@H]1O. The molecule has 0 bridgehead atoms. The first-order valence-corrected chi connectivity index (χ1v) is 9.29. The predicted molar refractivity (Wildman–Crippen MR) is 98.5 cm³/mol. The van der Waals surface area contributed by atoms with Crippen LogP contribution in [-0.4, -0.2) is 62.0 Å². The summed E-state index contributed by atoms with van der Waals surface area (Å²) in [6.45, 7) is 3.61. The van der Waals surface area contributed by atoms with Gasteiger partial charge in [-0.3, -0.25) is 0 Å². The zero-order valence-corrected chi connectivity index (χ0v) is 15.9. The number of nitrogens with two attached hydrogens (primary N) is 1. The monoisotopic (exact) mass is 394 g/mol. The molecule has 3 rings (SSSR count). The fourth-order valence-corrected chi connectivity index (χ4v) is 3.25. The lowest BCUT2D eigenvalue weighted by molar-refractivity contribution is -0.109. The number of fused-ring (bicyclic) bond motifs is 1. The molecule has 1 fully saturated rings. The Morgan fingerprint density at radius 2 is 2.14 bits per heavy atom. The number of hydrogen-bond acceptors (Lipinski definition) is 9. The zero-order valence-electron chi connectivity index (χ0n) is 15.9. The van der Waals surface area contributed by atoms with E-state index >= 15 is 0 Å². The lowest BCUT2D eigenvalue weighted by Crippen LogP contribution is -2.44. The summed E-state index contributed by atoms with van der Waals surface area (Å²) in [6.07, 6.45) is -0.227. The molecular formula is C18H26N4O6. The molecule has 10 heteroatoms. The maximum absolute atomic E-state index is 11.7. The Bertz CT molecular complexity index is 828. The second-order valence-corrected chi connectivity index (χ2v) is 7.08. The van der Waals surface area contributed by atoms with Gasteiger partial charge in [0.2, 0.25) is 0 Å². The quantitative estimate of drug-likeness (QED) is 0.466. The normalized spacial score (nSPS) is 27.2. The van der Waals surface area contributed by atoms with Crippen molar-refractivity contribution in [2.45, 2.75) is 57.0 Å². The minimum Gasteiger partial charge on any atom is -0.434 e. The number of hydrogen-bond donors (Lipinski definition) is 3. The highest BCUT2D eigenvalue weighted by Gasteiger charge is 2.53. The largest absolute Gasteiger partial charge is 0.508 e. The van der Waals surface area contributed by atoms with Gasteiger partial charge in [0.15, 0.2) is 5.82 Å². The highest BCUT2D eigenvalue weighted by atomic mass is 16.7. The summed E-state index contributed by atoms with van der Waals surface area (Å²) < 4.78 is 17.5. The van der Waals surface area contributed by atoms with Gasteiger partial charge in [-0.2, -0.15) is 5.10 Å². The second-order valence-electron chi connectivity index (χ2n) is 7.08. The van der Waals surface area contributed by atoms with Gasteiger partial charge >= 0.3 is 6.16 Å². The zero-order chi connectivity index (χ0) is 20.3. The van der Waals surface area contributed by atoms with E-state index in [-0.39, 0.29) is 19.0 Å². The standard InChI is InChI=1S/C18H26N4O6/c1-3-4-5-8-26-17(25)27-9-18(2)15(24)13(23)14(28-18)11-6-7-12-16(19)20-10-21-22(11)12/h6-7,10,13-15,23-24H,3-5,8-9H2,1-2H3,(H2,19,20,21)/t13-,14-,15-,18+/m0/s1. The number of carbonyl (C=O) groups is 1. The maximum atomic E-state index is 11.7. The molecule has 1 aliphatic rings. The summed E-state index contributed by atoms with van der Waals surface area (Å²) >= 11 is 0. The summed E-state index contributed by atoms with van der Waals surface area (Å²) in [5, 5.41) is 25.1. The molecule has 0 radical (unpaired) electrons. The van der Waals surface area contributed by atoms with Crippen molar-refractivity contribution in [3.05, 3.63) is 24.2 Å². The third kappa shape index (κ3) is 3.89. The van der Waals surface area contributed by atoms with E-state index in [1.165, 1.54) is 10.8 Å². The van der Waals surface area contributed by atoms with Gasteiger partial charge in [0.25, 0.3) is 0 Å². The second kappa shape index (κ2) is 8.29. The van der Waals surface area contributed by atoms with Crippen molar-refractivity contribution in [3.63, 3.8) is 0 Å². The first-order chi connectivity index (χ1) is 13.4. The van der Waals surface area contributed by atoms with E-state index in [0.717, 1.165) is 19.3 Å². The molecule has 3 heterocycles. The molecule has 0 aromatic carbocycles. The van der Waals surface area contributed by atoms with E-state index in [9.17, 15) is 15.0 Å². The van der Waals surface area contributed by atoms with E-state index in [1.807, 2.05) is 6.92 Å². The Labute approximate surface area is 162 Å². The van der Waals surface area contributed by atoms with Gasteiger partial charge in [0.1, 0.15) is 42.4 Å². The molecular weight excluding hydrogens is 368 g/mol. The predicted octanol–water partition coefficient (Wildman–Crippen LogP) is 1.21. The number of aliphatic hydroxyl groups excluding tert-OH is 2. The van der Waals surface area contributed by atoms with Crippen LogP contribution in [0.5, 0.6) is 0 Å². The number of nitrogens with zero attached hydrogens (tertiary/aromatic N) is 3. The topological polar surface area (TPSA) is 141 Å². The van der Waals surface area contributed by atoms with Gasteiger partial charge in [-0.15, -0.1) is 0 Å². The van der Waals surface area contributed by atoms with Crippen molar-refractivity contribution < 1.29 is 29.2 Å². The molecule has 0 unspecified atom stereocenters. The van der Waals surface area contributed by atoms with Crippen LogP contribution in [0.25, 0.3) is 5.52 Å². The Kier molecular flexibility index (Phi) is 6.01. The summed E-state index contributed by atoms with van der Waals surface area (Å²) in [4.78, 5) is 15.7. The fraction of sp³-hybridized carbons (Fsp3) is 0.611. The molecule has 0 aliphatic carbocycles. The van der Waals surface area contributed by atoms with Crippen LogP contribution >= 0.6 is 0 Å². The van der Waals surface area contributed by atoms with Crippen molar-refractivity contribution >= 4 is 17.5 Å². The van der Waals surface area contributed by atoms with Crippen molar-refractivity contribution in [1.29, 1.82) is 0 Å². The average Bonchev–Trinajstić information content (AvgIpc) is 3.20. The summed E-state index contributed by atoms with van der Waals surface area (Å²) in [5.74, 6) is 0.284.